The molecule has 0 saturated carbocycles. The smallest absolute Gasteiger partial charge is 0.319 e. The molecular formula is C18H18F2N2O2. The average molecular weight is 332 g/mol. The largest absolute Gasteiger partial charge is 0.376 e. The van der Waals surface area contributed by atoms with Gasteiger partial charge in [-0.1, -0.05) is 18.2 Å². The zero-order valence-corrected chi connectivity index (χ0v) is 13.0. The number of benzene rings is 2. The van der Waals surface area contributed by atoms with Crippen molar-refractivity contribution in [3.8, 4) is 0 Å². The lowest BCUT2D eigenvalue weighted by atomic mass is 9.99. The van der Waals surface area contributed by atoms with Crippen LogP contribution in [-0.4, -0.2) is 18.7 Å². The molecule has 1 heterocycles. The molecule has 3 rings (SSSR count). The van der Waals surface area contributed by atoms with Gasteiger partial charge < -0.3 is 15.4 Å². The van der Waals surface area contributed by atoms with E-state index in [1.807, 2.05) is 0 Å². The summed E-state index contributed by atoms with van der Waals surface area (Å²) in [4.78, 5) is 12.3. The lowest BCUT2D eigenvalue weighted by Gasteiger charge is -2.25. The Labute approximate surface area is 138 Å². The van der Waals surface area contributed by atoms with Crippen LogP contribution in [-0.2, 0) is 4.74 Å². The molecule has 1 aliphatic heterocycles. The Morgan fingerprint density at radius 3 is 2.58 bits per heavy atom. The Bertz CT molecular complexity index is 700. The van der Waals surface area contributed by atoms with Gasteiger partial charge in [0.05, 0.1) is 12.1 Å². The van der Waals surface area contributed by atoms with Crippen molar-refractivity contribution in [2.24, 2.45) is 0 Å². The van der Waals surface area contributed by atoms with Crippen LogP contribution in [0.25, 0.3) is 0 Å². The van der Waals surface area contributed by atoms with Crippen molar-refractivity contribution in [2.45, 2.75) is 25.0 Å². The first kappa shape index (κ1) is 16.4. The molecule has 2 atom stereocenters. The number of hydrogen-bond donors (Lipinski definition) is 2. The van der Waals surface area contributed by atoms with Crippen LogP contribution in [0.1, 0.15) is 24.4 Å². The lowest BCUT2D eigenvalue weighted by Crippen LogP contribution is -2.38. The molecule has 0 spiro atoms. The van der Waals surface area contributed by atoms with E-state index in [4.69, 9.17) is 4.74 Å². The quantitative estimate of drug-likeness (QED) is 0.889. The molecule has 2 amide bonds. The second-order valence-electron chi connectivity index (χ2n) is 5.69. The number of carbonyl (C=O) groups excluding carboxylic acids is 1. The highest BCUT2D eigenvalue weighted by Gasteiger charge is 2.28. The summed E-state index contributed by atoms with van der Waals surface area (Å²) in [7, 11) is 0. The molecule has 2 unspecified atom stereocenters. The predicted octanol–water partition coefficient (Wildman–Crippen LogP) is 4.01. The Morgan fingerprint density at radius 1 is 1.12 bits per heavy atom. The molecule has 0 aromatic heterocycles. The van der Waals surface area contributed by atoms with Crippen molar-refractivity contribution < 1.29 is 18.3 Å². The van der Waals surface area contributed by atoms with Crippen LogP contribution in [0.2, 0.25) is 0 Å². The standard InChI is InChI=1S/C18H18F2N2O2/c19-13-8-6-12(7-9-13)17(16-5-2-10-24-16)22-18(23)21-15-4-1-3-14(20)11-15/h1,3-4,6-9,11,16-17H,2,5,10H2,(H2,21,22,23). The van der Waals surface area contributed by atoms with E-state index in [0.29, 0.717) is 12.3 Å². The third kappa shape index (κ3) is 4.08. The van der Waals surface area contributed by atoms with Crippen molar-refractivity contribution in [3.63, 3.8) is 0 Å². The molecule has 126 valence electrons. The van der Waals surface area contributed by atoms with Gasteiger partial charge in [0.1, 0.15) is 11.6 Å². The van der Waals surface area contributed by atoms with Gasteiger partial charge in [-0.3, -0.25) is 0 Å². The summed E-state index contributed by atoms with van der Waals surface area (Å²) in [5.41, 5.74) is 1.12. The van der Waals surface area contributed by atoms with E-state index >= 15 is 0 Å². The average Bonchev–Trinajstić information content (AvgIpc) is 3.08. The van der Waals surface area contributed by atoms with Crippen LogP contribution < -0.4 is 10.6 Å². The molecule has 2 aromatic carbocycles. The fourth-order valence-corrected chi connectivity index (χ4v) is 2.80. The van der Waals surface area contributed by atoms with Gasteiger partial charge in [0.25, 0.3) is 0 Å². The summed E-state index contributed by atoms with van der Waals surface area (Å²) < 4.78 is 32.0. The second-order valence-corrected chi connectivity index (χ2v) is 5.69. The fraction of sp³-hybridized carbons (Fsp3) is 0.278. The molecule has 1 saturated heterocycles. The number of amides is 2. The first-order chi connectivity index (χ1) is 11.6. The molecule has 0 radical (unpaired) electrons. The minimum atomic E-state index is -0.467. The number of hydrogen-bond acceptors (Lipinski definition) is 2. The second kappa shape index (κ2) is 7.40. The van der Waals surface area contributed by atoms with E-state index in [1.165, 1.54) is 30.3 Å². The molecule has 0 aliphatic carbocycles. The molecule has 6 heteroatoms. The normalized spacial score (nSPS) is 18.2. The zero-order valence-electron chi connectivity index (χ0n) is 13.0. The summed E-state index contributed by atoms with van der Waals surface area (Å²) in [6, 6.07) is 10.7. The first-order valence-corrected chi connectivity index (χ1v) is 7.82. The van der Waals surface area contributed by atoms with Gasteiger partial charge in [-0.15, -0.1) is 0 Å². The SMILES string of the molecule is O=C(Nc1cccc(F)c1)NC(c1ccc(F)cc1)C1CCCO1. The van der Waals surface area contributed by atoms with E-state index in [1.54, 1.807) is 18.2 Å². The van der Waals surface area contributed by atoms with Crippen LogP contribution in [0.15, 0.2) is 48.5 Å². The van der Waals surface area contributed by atoms with Crippen LogP contribution in [0, 0.1) is 11.6 Å². The number of urea groups is 1. The monoisotopic (exact) mass is 332 g/mol. The molecule has 2 N–H and O–H groups in total. The topological polar surface area (TPSA) is 50.4 Å². The molecule has 24 heavy (non-hydrogen) atoms. The van der Waals surface area contributed by atoms with Crippen LogP contribution >= 0.6 is 0 Å². The van der Waals surface area contributed by atoms with E-state index in [9.17, 15) is 13.6 Å². The Morgan fingerprint density at radius 2 is 1.92 bits per heavy atom. The Hall–Kier alpha value is -2.47. The van der Waals surface area contributed by atoms with Crippen molar-refractivity contribution in [3.05, 3.63) is 65.7 Å². The maximum absolute atomic E-state index is 13.2. The van der Waals surface area contributed by atoms with Gasteiger partial charge >= 0.3 is 6.03 Å². The summed E-state index contributed by atoms with van der Waals surface area (Å²) >= 11 is 0. The number of nitrogens with one attached hydrogen (secondary N) is 2. The number of ether oxygens (including phenoxy) is 1. The summed E-state index contributed by atoms with van der Waals surface area (Å²) in [5, 5.41) is 5.44. The van der Waals surface area contributed by atoms with Crippen molar-refractivity contribution in [1.82, 2.24) is 5.32 Å². The number of rotatable bonds is 4. The summed E-state index contributed by atoms with van der Waals surface area (Å²) in [6.45, 7) is 0.634. The van der Waals surface area contributed by atoms with E-state index < -0.39 is 17.9 Å². The number of halogens is 2. The zero-order chi connectivity index (χ0) is 16.9. The van der Waals surface area contributed by atoms with E-state index in [-0.39, 0.29) is 11.9 Å². The molecular weight excluding hydrogens is 314 g/mol. The first-order valence-electron chi connectivity index (χ1n) is 7.82. The molecule has 1 aliphatic rings. The molecule has 4 nitrogen and oxygen atoms in total. The molecule has 1 fully saturated rings. The van der Waals surface area contributed by atoms with Gasteiger partial charge in [0.2, 0.25) is 0 Å². The van der Waals surface area contributed by atoms with Gasteiger partial charge in [-0.05, 0) is 48.7 Å². The van der Waals surface area contributed by atoms with Gasteiger partial charge in [-0.25, -0.2) is 13.6 Å². The van der Waals surface area contributed by atoms with Gasteiger partial charge in [-0.2, -0.15) is 0 Å². The third-order valence-electron chi connectivity index (χ3n) is 3.93. The minimum absolute atomic E-state index is 0.172. The van der Waals surface area contributed by atoms with E-state index in [2.05, 4.69) is 10.6 Å². The Kier molecular flexibility index (Phi) is 5.05. The maximum atomic E-state index is 13.2. The molecule has 2 aromatic rings. The predicted molar refractivity (Wildman–Crippen MR) is 86.7 cm³/mol. The van der Waals surface area contributed by atoms with Crippen molar-refractivity contribution in [2.75, 3.05) is 11.9 Å². The highest BCUT2D eigenvalue weighted by molar-refractivity contribution is 5.89. The van der Waals surface area contributed by atoms with E-state index in [0.717, 1.165) is 18.4 Å². The highest BCUT2D eigenvalue weighted by Crippen LogP contribution is 2.27. The number of carbonyl (C=O) groups is 1. The fourth-order valence-electron chi connectivity index (χ4n) is 2.80. The third-order valence-corrected chi connectivity index (χ3v) is 3.93. The molecule has 0 bridgehead atoms. The highest BCUT2D eigenvalue weighted by atomic mass is 19.1. The van der Waals surface area contributed by atoms with Crippen molar-refractivity contribution >= 4 is 11.7 Å². The van der Waals surface area contributed by atoms with Crippen LogP contribution in [0.5, 0.6) is 0 Å². The Balaban J connectivity index is 1.73. The van der Waals surface area contributed by atoms with Crippen LogP contribution in [0.3, 0.4) is 0 Å². The number of anilines is 1. The minimum Gasteiger partial charge on any atom is -0.376 e. The van der Waals surface area contributed by atoms with Crippen molar-refractivity contribution in [1.29, 1.82) is 0 Å². The van der Waals surface area contributed by atoms with Gasteiger partial charge in [0.15, 0.2) is 0 Å². The van der Waals surface area contributed by atoms with Gasteiger partial charge in [0, 0.05) is 12.3 Å². The lowest BCUT2D eigenvalue weighted by molar-refractivity contribution is 0.0815. The summed E-state index contributed by atoms with van der Waals surface area (Å²) in [6.07, 6.45) is 1.55. The summed E-state index contributed by atoms with van der Waals surface area (Å²) in [5.74, 6) is -0.768. The van der Waals surface area contributed by atoms with Crippen LogP contribution in [0.4, 0.5) is 19.3 Å². The maximum Gasteiger partial charge on any atom is 0.319 e.